The maximum absolute atomic E-state index is 10.8. The predicted molar refractivity (Wildman–Crippen MR) is 64.9 cm³/mol. The minimum atomic E-state index is -0.567. The monoisotopic (exact) mass is 266 g/mol. The van der Waals surface area contributed by atoms with Crippen molar-refractivity contribution in [1.29, 1.82) is 0 Å². The third-order valence-electron chi connectivity index (χ3n) is 2.20. The minimum Gasteiger partial charge on any atom is -0.453 e. The van der Waals surface area contributed by atoms with Gasteiger partial charge in [0.1, 0.15) is 0 Å². The molecule has 0 spiro atoms. The third-order valence-corrected chi connectivity index (χ3v) is 2.44. The molecular weight excluding hydrogens is 256 g/mol. The highest BCUT2D eigenvalue weighted by atomic mass is 35.5. The van der Waals surface area contributed by atoms with Crippen LogP contribution in [0.5, 0.6) is 0 Å². The van der Waals surface area contributed by atoms with Crippen molar-refractivity contribution >= 4 is 17.6 Å². The van der Waals surface area contributed by atoms with Crippen molar-refractivity contribution in [3.05, 3.63) is 35.2 Å². The summed E-state index contributed by atoms with van der Waals surface area (Å²) in [5, 5.41) is 8.31. The van der Waals surface area contributed by atoms with Gasteiger partial charge in [-0.05, 0) is 25.1 Å². The summed E-state index contributed by atoms with van der Waals surface area (Å²) in [5.41, 5.74) is 0.719. The van der Waals surface area contributed by atoms with Crippen LogP contribution in [0.3, 0.4) is 0 Å². The zero-order valence-electron chi connectivity index (χ0n) is 9.88. The Labute approximate surface area is 109 Å². The third kappa shape index (κ3) is 2.87. The lowest BCUT2D eigenvalue weighted by atomic mass is 10.2. The largest absolute Gasteiger partial charge is 0.453 e. The van der Waals surface area contributed by atoms with E-state index in [1.54, 1.807) is 31.2 Å². The van der Waals surface area contributed by atoms with Crippen molar-refractivity contribution in [2.45, 2.75) is 20.0 Å². The Morgan fingerprint density at radius 1 is 1.44 bits per heavy atom. The molecule has 6 heteroatoms. The Kier molecular flexibility index (Phi) is 3.62. The first-order chi connectivity index (χ1) is 8.56. The van der Waals surface area contributed by atoms with E-state index < -0.39 is 12.1 Å². The molecule has 0 fully saturated rings. The van der Waals surface area contributed by atoms with Crippen molar-refractivity contribution in [2.24, 2.45) is 0 Å². The van der Waals surface area contributed by atoms with Gasteiger partial charge in [0, 0.05) is 17.5 Å². The summed E-state index contributed by atoms with van der Waals surface area (Å²) in [6.07, 6.45) is -0.567. The zero-order chi connectivity index (χ0) is 13.1. The molecule has 0 amide bonds. The lowest BCUT2D eigenvalue weighted by Gasteiger charge is -2.05. The first kappa shape index (κ1) is 12.6. The Balaban J connectivity index is 2.22. The summed E-state index contributed by atoms with van der Waals surface area (Å²) in [6, 6.07) is 7.07. The van der Waals surface area contributed by atoms with Crippen LogP contribution in [-0.2, 0) is 9.53 Å². The second-order valence-electron chi connectivity index (χ2n) is 3.71. The molecule has 5 nitrogen and oxygen atoms in total. The summed E-state index contributed by atoms with van der Waals surface area (Å²) in [7, 11) is 0. The number of carbonyl (C=O) groups excluding carboxylic acids is 1. The van der Waals surface area contributed by atoms with E-state index in [-0.39, 0.29) is 5.89 Å². The van der Waals surface area contributed by atoms with Crippen molar-refractivity contribution in [3.8, 4) is 11.5 Å². The molecule has 18 heavy (non-hydrogen) atoms. The first-order valence-corrected chi connectivity index (χ1v) is 5.70. The Bertz CT molecular complexity index is 568. The Hall–Kier alpha value is -1.88. The second-order valence-corrected chi connectivity index (χ2v) is 4.14. The quantitative estimate of drug-likeness (QED) is 0.799. The van der Waals surface area contributed by atoms with Gasteiger partial charge in [0.2, 0.25) is 5.89 Å². The van der Waals surface area contributed by atoms with Crippen LogP contribution >= 0.6 is 11.6 Å². The lowest BCUT2D eigenvalue weighted by Crippen LogP contribution is -2.04. The molecule has 0 aliphatic carbocycles. The van der Waals surface area contributed by atoms with Gasteiger partial charge in [-0.25, -0.2) is 0 Å². The van der Waals surface area contributed by atoms with Gasteiger partial charge in [0.25, 0.3) is 5.89 Å². The highest BCUT2D eigenvalue weighted by molar-refractivity contribution is 6.30. The average molecular weight is 267 g/mol. The van der Waals surface area contributed by atoms with Gasteiger partial charge in [0.15, 0.2) is 6.10 Å². The fourth-order valence-electron chi connectivity index (χ4n) is 1.44. The Morgan fingerprint density at radius 3 is 2.89 bits per heavy atom. The van der Waals surface area contributed by atoms with Gasteiger partial charge in [-0.15, -0.1) is 10.2 Å². The average Bonchev–Trinajstić information content (AvgIpc) is 2.77. The van der Waals surface area contributed by atoms with E-state index in [4.69, 9.17) is 20.8 Å². The van der Waals surface area contributed by atoms with E-state index in [1.807, 2.05) is 0 Å². The highest BCUT2D eigenvalue weighted by Crippen LogP contribution is 2.24. The second kappa shape index (κ2) is 5.18. The van der Waals surface area contributed by atoms with E-state index >= 15 is 0 Å². The van der Waals surface area contributed by atoms with Gasteiger partial charge >= 0.3 is 5.97 Å². The molecule has 0 radical (unpaired) electrons. The summed E-state index contributed by atoms with van der Waals surface area (Å²) in [6.45, 7) is 2.99. The van der Waals surface area contributed by atoms with Crippen molar-refractivity contribution in [2.75, 3.05) is 0 Å². The van der Waals surface area contributed by atoms with E-state index in [1.165, 1.54) is 6.92 Å². The fraction of sp³-hybridized carbons (Fsp3) is 0.250. The molecule has 94 valence electrons. The zero-order valence-corrected chi connectivity index (χ0v) is 10.6. The number of nitrogens with zero attached hydrogens (tertiary/aromatic N) is 2. The van der Waals surface area contributed by atoms with Gasteiger partial charge < -0.3 is 9.15 Å². The summed E-state index contributed by atoms with van der Waals surface area (Å²) >= 11 is 5.87. The molecule has 1 aromatic heterocycles. The van der Waals surface area contributed by atoms with Gasteiger partial charge in [-0.2, -0.15) is 0 Å². The number of esters is 1. The standard InChI is InChI=1S/C12H11ClN2O3/c1-7(17-8(2)16)11-14-15-12(18-11)9-4-3-5-10(13)6-9/h3-7H,1-2H3. The van der Waals surface area contributed by atoms with Crippen LogP contribution in [0.2, 0.25) is 5.02 Å². The normalized spacial score (nSPS) is 12.2. The van der Waals surface area contributed by atoms with Crippen molar-refractivity contribution < 1.29 is 13.9 Å². The number of ether oxygens (including phenoxy) is 1. The minimum absolute atomic E-state index is 0.250. The molecule has 0 aliphatic heterocycles. The fourth-order valence-corrected chi connectivity index (χ4v) is 1.63. The van der Waals surface area contributed by atoms with Crippen LogP contribution in [0.4, 0.5) is 0 Å². The first-order valence-electron chi connectivity index (χ1n) is 5.33. The van der Waals surface area contributed by atoms with Crippen LogP contribution in [-0.4, -0.2) is 16.2 Å². The SMILES string of the molecule is CC(=O)OC(C)c1nnc(-c2cccc(Cl)c2)o1. The molecule has 1 aromatic carbocycles. The predicted octanol–water partition coefficient (Wildman–Crippen LogP) is 3.01. The molecule has 0 saturated heterocycles. The summed E-state index contributed by atoms with van der Waals surface area (Å²) in [5.74, 6) is 0.191. The number of carbonyl (C=O) groups is 1. The van der Waals surface area contributed by atoms with E-state index in [0.717, 1.165) is 5.56 Å². The maximum Gasteiger partial charge on any atom is 0.303 e. The molecular formula is C12H11ClN2O3. The smallest absolute Gasteiger partial charge is 0.303 e. The van der Waals surface area contributed by atoms with Gasteiger partial charge in [0.05, 0.1) is 0 Å². The topological polar surface area (TPSA) is 65.2 Å². The molecule has 1 heterocycles. The number of hydrogen-bond donors (Lipinski definition) is 0. The molecule has 0 aliphatic rings. The lowest BCUT2D eigenvalue weighted by molar-refractivity contribution is -0.146. The molecule has 2 aromatic rings. The molecule has 2 rings (SSSR count). The van der Waals surface area contributed by atoms with Crippen LogP contribution in [0.1, 0.15) is 25.8 Å². The van der Waals surface area contributed by atoms with E-state index in [0.29, 0.717) is 10.9 Å². The van der Waals surface area contributed by atoms with Crippen LogP contribution in [0.15, 0.2) is 28.7 Å². The number of rotatable bonds is 3. The van der Waals surface area contributed by atoms with Crippen LogP contribution < -0.4 is 0 Å². The van der Waals surface area contributed by atoms with E-state index in [9.17, 15) is 4.79 Å². The van der Waals surface area contributed by atoms with Crippen LogP contribution in [0.25, 0.3) is 11.5 Å². The molecule has 0 saturated carbocycles. The number of halogens is 1. The number of benzene rings is 1. The van der Waals surface area contributed by atoms with Crippen LogP contribution in [0, 0.1) is 0 Å². The Morgan fingerprint density at radius 2 is 2.22 bits per heavy atom. The number of hydrogen-bond acceptors (Lipinski definition) is 5. The molecule has 1 unspecified atom stereocenters. The van der Waals surface area contributed by atoms with Crippen molar-refractivity contribution in [3.63, 3.8) is 0 Å². The summed E-state index contributed by atoms with van der Waals surface area (Å²) in [4.78, 5) is 10.8. The molecule has 0 bridgehead atoms. The number of aromatic nitrogens is 2. The molecule has 0 N–H and O–H groups in total. The van der Waals surface area contributed by atoms with Gasteiger partial charge in [-0.3, -0.25) is 4.79 Å². The van der Waals surface area contributed by atoms with Crippen molar-refractivity contribution in [1.82, 2.24) is 10.2 Å². The highest BCUT2D eigenvalue weighted by Gasteiger charge is 2.17. The molecule has 1 atom stereocenters. The summed E-state index contributed by atoms with van der Waals surface area (Å²) < 4.78 is 10.4. The maximum atomic E-state index is 10.8. The van der Waals surface area contributed by atoms with Gasteiger partial charge in [-0.1, -0.05) is 17.7 Å². The van der Waals surface area contributed by atoms with E-state index in [2.05, 4.69) is 10.2 Å².